The van der Waals surface area contributed by atoms with Crippen molar-refractivity contribution < 1.29 is 9.76 Å². The average molecular weight is 153 g/mol. The first-order valence-corrected chi connectivity index (χ1v) is 3.81. The van der Waals surface area contributed by atoms with Gasteiger partial charge in [0.25, 0.3) is 0 Å². The first-order valence-electron chi connectivity index (χ1n) is 3.81. The molecule has 0 amide bonds. The summed E-state index contributed by atoms with van der Waals surface area (Å²) < 4.78 is 5.06. The Morgan fingerprint density at radius 1 is 1.45 bits per heavy atom. The Morgan fingerprint density at radius 3 is 2.18 bits per heavy atom. The van der Waals surface area contributed by atoms with Crippen molar-refractivity contribution in [3.05, 3.63) is 0 Å². The summed E-state index contributed by atoms with van der Waals surface area (Å²) in [6.07, 6.45) is -0.498. The van der Waals surface area contributed by atoms with Crippen LogP contribution in [0.3, 0.4) is 0 Å². The molecule has 0 aromatic heterocycles. The van der Waals surface area contributed by atoms with Gasteiger partial charge >= 0.3 is 0 Å². The van der Waals surface area contributed by atoms with Crippen LogP contribution in [-0.2, 0) is 4.65 Å². The second-order valence-corrected chi connectivity index (χ2v) is 3.55. The van der Waals surface area contributed by atoms with E-state index in [1.54, 1.807) is 13.8 Å². The van der Waals surface area contributed by atoms with Crippen molar-refractivity contribution in [1.82, 2.24) is 0 Å². The van der Waals surface area contributed by atoms with Gasteiger partial charge in [-0.2, -0.15) is 0 Å². The first kappa shape index (κ1) is 11.0. The number of hydrogen-bond donors (Lipinski definition) is 1. The first-order chi connectivity index (χ1) is 4.91. The molecule has 0 saturated carbocycles. The predicted octanol–water partition coefficient (Wildman–Crippen LogP) is 0.501. The van der Waals surface area contributed by atoms with E-state index in [-0.39, 0.29) is 5.92 Å². The normalized spacial score (nSPS) is 15.1. The Kier molecular flexibility index (Phi) is 4.19. The molecule has 0 aliphatic heterocycles. The van der Waals surface area contributed by atoms with Crippen LogP contribution in [-0.4, -0.2) is 31.9 Å². The molecule has 0 saturated heterocycles. The molecule has 1 N–H and O–H groups in total. The molecule has 0 rings (SSSR count). The van der Waals surface area contributed by atoms with E-state index in [0.717, 1.165) is 7.37 Å². The summed E-state index contributed by atoms with van der Waals surface area (Å²) >= 11 is 0. The zero-order chi connectivity index (χ0) is 9.07. The fourth-order valence-electron chi connectivity index (χ4n) is 1.05. The van der Waals surface area contributed by atoms with Gasteiger partial charge in [0.05, 0.1) is 19.4 Å². The van der Waals surface area contributed by atoms with Gasteiger partial charge in [-0.05, 0) is 19.8 Å². The maximum atomic E-state index is 9.58. The quantitative estimate of drug-likeness (QED) is 0.595. The van der Waals surface area contributed by atoms with Gasteiger partial charge in [0.2, 0.25) is 7.37 Å². The summed E-state index contributed by atoms with van der Waals surface area (Å²) in [5.41, 5.74) is -0.594. The van der Waals surface area contributed by atoms with E-state index in [2.05, 4.69) is 0 Å². The molecule has 61 valence electrons. The molecule has 0 spiro atoms. The van der Waals surface area contributed by atoms with E-state index in [4.69, 9.17) is 12.4 Å². The molecule has 0 fully saturated rings. The lowest BCUT2D eigenvalue weighted by molar-refractivity contribution is -0.0492. The number of aliphatic hydroxyl groups is 1. The maximum Gasteiger partial charge on any atom is 0.231 e. The monoisotopic (exact) mass is 153 g/mol. The predicted molar refractivity (Wildman–Crippen MR) is 47.5 cm³/mol. The minimum absolute atomic E-state index is 0.171. The Hall–Kier alpha value is 0.0499. The molecule has 1 atom stereocenters. The van der Waals surface area contributed by atoms with Crippen LogP contribution in [0.4, 0.5) is 0 Å². The molecule has 0 aliphatic carbocycles. The highest BCUT2D eigenvalue weighted by Gasteiger charge is 2.29. The van der Waals surface area contributed by atoms with Gasteiger partial charge in [-0.1, -0.05) is 13.8 Å². The molecule has 2 nitrogen and oxygen atoms in total. The smallest absolute Gasteiger partial charge is 0.231 e. The van der Waals surface area contributed by atoms with Crippen LogP contribution in [0, 0.1) is 5.92 Å². The topological polar surface area (TPSA) is 29.5 Å². The van der Waals surface area contributed by atoms with Crippen molar-refractivity contribution in [2.45, 2.75) is 39.4 Å². The van der Waals surface area contributed by atoms with Gasteiger partial charge in [-0.15, -0.1) is 0 Å². The summed E-state index contributed by atoms with van der Waals surface area (Å²) in [7, 11) is 6.21. The molecule has 0 aromatic carbocycles. The highest BCUT2D eigenvalue weighted by atomic mass is 16.5. The Labute approximate surface area is 71.0 Å². The van der Waals surface area contributed by atoms with Crippen LogP contribution in [0.1, 0.15) is 27.7 Å². The Bertz CT molecular complexity index is 115. The second-order valence-electron chi connectivity index (χ2n) is 3.55. The third-order valence-corrected chi connectivity index (χ3v) is 1.72. The van der Waals surface area contributed by atoms with Crippen LogP contribution in [0.2, 0.25) is 0 Å². The average Bonchev–Trinajstić information content (AvgIpc) is 1.86. The lowest BCUT2D eigenvalue weighted by Crippen LogP contribution is -2.43. The molecule has 0 aromatic rings. The maximum absolute atomic E-state index is 9.58. The van der Waals surface area contributed by atoms with Crippen molar-refractivity contribution in [2.24, 2.45) is 5.92 Å². The Morgan fingerprint density at radius 2 is 1.91 bits per heavy atom. The van der Waals surface area contributed by atoms with Crippen molar-refractivity contribution >= 4 is 15.1 Å². The lowest BCUT2D eigenvalue weighted by Gasteiger charge is -2.33. The Balaban J connectivity index is 4.05. The fraction of sp³-hybridized carbons (Fsp3) is 1.00. The van der Waals surface area contributed by atoms with Crippen molar-refractivity contribution in [1.29, 1.82) is 0 Å². The molecular weight excluding hydrogens is 138 g/mol. The molecule has 0 heterocycles. The number of rotatable bonds is 4. The van der Waals surface area contributed by atoms with E-state index in [9.17, 15) is 5.11 Å². The summed E-state index contributed by atoms with van der Waals surface area (Å²) in [5.74, 6) is 0.171. The van der Waals surface area contributed by atoms with E-state index in [0.29, 0.717) is 0 Å². The van der Waals surface area contributed by atoms with Gasteiger partial charge in [-0.25, -0.2) is 0 Å². The largest absolute Gasteiger partial charge is 0.445 e. The number of aliphatic hydroxyl groups excluding tert-OH is 1. The minimum Gasteiger partial charge on any atom is -0.445 e. The van der Waals surface area contributed by atoms with Crippen LogP contribution in [0.15, 0.2) is 0 Å². The zero-order valence-electron chi connectivity index (χ0n) is 7.66. The van der Waals surface area contributed by atoms with Crippen LogP contribution in [0.25, 0.3) is 0 Å². The van der Waals surface area contributed by atoms with Gasteiger partial charge in [0.1, 0.15) is 0 Å². The van der Waals surface area contributed by atoms with Gasteiger partial charge in [0.15, 0.2) is 0 Å². The van der Waals surface area contributed by atoms with E-state index in [1.807, 2.05) is 13.8 Å². The molecule has 11 heavy (non-hydrogen) atoms. The van der Waals surface area contributed by atoms with Crippen molar-refractivity contribution in [3.63, 3.8) is 0 Å². The van der Waals surface area contributed by atoms with Crippen LogP contribution >= 0.6 is 0 Å². The summed E-state index contributed by atoms with van der Waals surface area (Å²) in [6.45, 7) is 7.49. The van der Waals surface area contributed by atoms with E-state index >= 15 is 0 Å². The molecular formula is C7H15B2O2. The highest BCUT2D eigenvalue weighted by Crippen LogP contribution is 2.19. The van der Waals surface area contributed by atoms with E-state index < -0.39 is 11.7 Å². The number of hydrogen-bond acceptors (Lipinski definition) is 2. The zero-order valence-corrected chi connectivity index (χ0v) is 7.66. The minimum atomic E-state index is -0.594. The lowest BCUT2D eigenvalue weighted by atomic mass is 9.71. The van der Waals surface area contributed by atoms with Gasteiger partial charge < -0.3 is 9.76 Å². The molecule has 4 heteroatoms. The van der Waals surface area contributed by atoms with E-state index in [1.165, 1.54) is 0 Å². The SMILES string of the molecule is [B][B]OC(C)(C)C(O)C(C)C. The summed E-state index contributed by atoms with van der Waals surface area (Å²) in [5, 5.41) is 9.58. The molecule has 3 radical (unpaired) electrons. The summed E-state index contributed by atoms with van der Waals surface area (Å²) in [6, 6.07) is 0. The fourth-order valence-corrected chi connectivity index (χ4v) is 1.05. The highest BCUT2D eigenvalue weighted by molar-refractivity contribution is 6.85. The van der Waals surface area contributed by atoms with Crippen LogP contribution in [0.5, 0.6) is 0 Å². The third kappa shape index (κ3) is 3.30. The second kappa shape index (κ2) is 4.17. The molecule has 1 unspecified atom stereocenters. The van der Waals surface area contributed by atoms with Crippen molar-refractivity contribution in [2.75, 3.05) is 0 Å². The van der Waals surface area contributed by atoms with Crippen molar-refractivity contribution in [3.8, 4) is 0 Å². The standard InChI is InChI=1S/C7H15B2O2/c1-5(2)6(10)7(3,4)11-9-8/h5-6,10H,1-4H3. The molecule has 0 aliphatic rings. The van der Waals surface area contributed by atoms with Gasteiger partial charge in [-0.3, -0.25) is 0 Å². The van der Waals surface area contributed by atoms with Gasteiger partial charge in [0, 0.05) is 0 Å². The third-order valence-electron chi connectivity index (χ3n) is 1.72. The van der Waals surface area contributed by atoms with Crippen LogP contribution < -0.4 is 0 Å². The summed E-state index contributed by atoms with van der Waals surface area (Å²) in [4.78, 5) is 0. The molecule has 0 bridgehead atoms.